The van der Waals surface area contributed by atoms with Crippen molar-refractivity contribution in [1.29, 1.82) is 0 Å². The zero-order valence-electron chi connectivity index (χ0n) is 56.3. The number of hydrogen-bond donors (Lipinski definition) is 3. The molecule has 0 saturated heterocycles. The van der Waals surface area contributed by atoms with Gasteiger partial charge in [-0.2, -0.15) is 0 Å². The van der Waals surface area contributed by atoms with Gasteiger partial charge in [0.25, 0.3) is 0 Å². The van der Waals surface area contributed by atoms with Crippen LogP contribution in [0, 0.1) is 11.8 Å². The molecule has 0 aliphatic carbocycles. The molecule has 0 aliphatic rings. The van der Waals surface area contributed by atoms with Crippen LogP contribution in [0.25, 0.3) is 0 Å². The van der Waals surface area contributed by atoms with Crippen LogP contribution in [-0.2, 0) is 65.4 Å². The first-order valence-corrected chi connectivity index (χ1v) is 38.5. The lowest BCUT2D eigenvalue weighted by atomic mass is 10.00. The molecule has 0 radical (unpaired) electrons. The molecule has 0 aromatic carbocycles. The second kappa shape index (κ2) is 60.3. The van der Waals surface area contributed by atoms with Crippen molar-refractivity contribution in [2.75, 3.05) is 39.6 Å². The molecule has 3 unspecified atom stereocenters. The van der Waals surface area contributed by atoms with Gasteiger partial charge < -0.3 is 33.8 Å². The number of phosphoric acid groups is 2. The molecule has 0 fully saturated rings. The Bertz CT molecular complexity index is 1700. The van der Waals surface area contributed by atoms with Gasteiger partial charge in [0.15, 0.2) is 12.2 Å². The summed E-state index contributed by atoms with van der Waals surface area (Å²) in [4.78, 5) is 72.4. The minimum atomic E-state index is -4.95. The SMILES string of the molecule is CCCCCCCCCCCCCCCCCCCC(=O)O[C@H](COC(=O)CCCCCCCCCCC(C)C)COP(=O)(O)OC[C@@H](O)COP(=O)(O)OC[C@@H](COC(=O)CCCCCCCCCCC)OC(=O)CCCCCCCCC(C)CC. The Morgan fingerprint density at radius 2 is 0.586 bits per heavy atom. The van der Waals surface area contributed by atoms with E-state index in [2.05, 4.69) is 41.5 Å². The molecule has 0 heterocycles. The molecule has 3 N–H and O–H groups in total. The lowest BCUT2D eigenvalue weighted by Crippen LogP contribution is -2.30. The Balaban J connectivity index is 5.22. The lowest BCUT2D eigenvalue weighted by Gasteiger charge is -2.21. The normalized spacial score (nSPS) is 14.5. The largest absolute Gasteiger partial charge is 0.472 e. The van der Waals surface area contributed by atoms with E-state index in [4.69, 9.17) is 37.0 Å². The Morgan fingerprint density at radius 3 is 0.874 bits per heavy atom. The van der Waals surface area contributed by atoms with Crippen molar-refractivity contribution in [3.05, 3.63) is 0 Å². The first kappa shape index (κ1) is 85.1. The summed E-state index contributed by atoms with van der Waals surface area (Å²) in [6, 6.07) is 0. The minimum Gasteiger partial charge on any atom is -0.462 e. The van der Waals surface area contributed by atoms with Gasteiger partial charge in [-0.1, -0.05) is 292 Å². The van der Waals surface area contributed by atoms with Crippen LogP contribution < -0.4 is 0 Å². The molecule has 0 aliphatic heterocycles. The zero-order valence-corrected chi connectivity index (χ0v) is 58.1. The summed E-state index contributed by atoms with van der Waals surface area (Å²) in [5, 5.41) is 10.6. The standard InChI is InChI=1S/C68H132O17P2/c1-7-10-12-14-16-18-19-20-21-22-23-24-25-27-33-40-46-52-67(72)84-63(56-79-66(71)51-45-39-32-29-28-30-36-42-48-60(4)5)58-82-86(74,75)80-54-62(69)55-81-87(76,77)83-59-64(57-78-65(70)50-44-38-31-26-17-15-13-11-8-2)85-68(73)53-47-41-35-34-37-43-49-61(6)9-3/h60-64,69H,7-59H2,1-6H3,(H,74,75)(H,76,77)/t61?,62-,63-,64-/m1/s1. The van der Waals surface area contributed by atoms with E-state index < -0.39 is 97.5 Å². The van der Waals surface area contributed by atoms with Crippen molar-refractivity contribution >= 4 is 39.5 Å². The summed E-state index contributed by atoms with van der Waals surface area (Å²) in [6.07, 6.45) is 44.5. The highest BCUT2D eigenvalue weighted by atomic mass is 31.2. The van der Waals surface area contributed by atoms with Gasteiger partial charge in [0.1, 0.15) is 19.3 Å². The van der Waals surface area contributed by atoms with Gasteiger partial charge in [-0.15, -0.1) is 0 Å². The molecule has 0 amide bonds. The Morgan fingerprint density at radius 1 is 0.333 bits per heavy atom. The monoisotopic (exact) mass is 1280 g/mol. The van der Waals surface area contributed by atoms with Crippen molar-refractivity contribution in [3.63, 3.8) is 0 Å². The first-order chi connectivity index (χ1) is 41.9. The zero-order chi connectivity index (χ0) is 64.3. The fourth-order valence-corrected chi connectivity index (χ4v) is 11.8. The quantitative estimate of drug-likeness (QED) is 0.0222. The highest BCUT2D eigenvalue weighted by molar-refractivity contribution is 7.47. The molecule has 19 heteroatoms. The number of aliphatic hydroxyl groups excluding tert-OH is 1. The lowest BCUT2D eigenvalue weighted by molar-refractivity contribution is -0.161. The smallest absolute Gasteiger partial charge is 0.462 e. The van der Waals surface area contributed by atoms with Crippen LogP contribution in [0.5, 0.6) is 0 Å². The predicted octanol–water partition coefficient (Wildman–Crippen LogP) is 19.2. The summed E-state index contributed by atoms with van der Waals surface area (Å²) < 4.78 is 68.1. The highest BCUT2D eigenvalue weighted by Crippen LogP contribution is 2.45. The van der Waals surface area contributed by atoms with Crippen LogP contribution in [0.2, 0.25) is 0 Å². The molecular weight excluding hydrogens is 1150 g/mol. The van der Waals surface area contributed by atoms with Gasteiger partial charge in [-0.25, -0.2) is 9.13 Å². The van der Waals surface area contributed by atoms with Gasteiger partial charge in [0.05, 0.1) is 26.4 Å². The fraction of sp³-hybridized carbons (Fsp3) is 0.941. The molecular formula is C68H132O17P2. The van der Waals surface area contributed by atoms with Gasteiger partial charge in [-0.05, 0) is 37.5 Å². The number of phosphoric ester groups is 2. The van der Waals surface area contributed by atoms with Crippen molar-refractivity contribution in [2.45, 2.75) is 362 Å². The van der Waals surface area contributed by atoms with Gasteiger partial charge in [0, 0.05) is 25.7 Å². The molecule has 0 rings (SSSR count). The van der Waals surface area contributed by atoms with E-state index in [0.717, 1.165) is 102 Å². The van der Waals surface area contributed by atoms with Crippen molar-refractivity contribution in [1.82, 2.24) is 0 Å². The van der Waals surface area contributed by atoms with E-state index in [1.165, 1.54) is 161 Å². The molecule has 0 bridgehead atoms. The summed E-state index contributed by atoms with van der Waals surface area (Å²) in [5.74, 6) is -0.685. The molecule has 0 aromatic rings. The third kappa shape index (κ3) is 61.3. The third-order valence-electron chi connectivity index (χ3n) is 16.1. The van der Waals surface area contributed by atoms with E-state index in [1.807, 2.05) is 0 Å². The molecule has 17 nitrogen and oxygen atoms in total. The van der Waals surface area contributed by atoms with Gasteiger partial charge in [0.2, 0.25) is 0 Å². The van der Waals surface area contributed by atoms with Crippen LogP contribution in [0.1, 0.15) is 343 Å². The average Bonchev–Trinajstić information content (AvgIpc) is 3.70. The van der Waals surface area contributed by atoms with E-state index in [0.29, 0.717) is 25.7 Å². The van der Waals surface area contributed by atoms with Gasteiger partial charge >= 0.3 is 39.5 Å². The third-order valence-corrected chi connectivity index (χ3v) is 18.0. The summed E-state index contributed by atoms with van der Waals surface area (Å²) in [6.45, 7) is 9.43. The Kier molecular flexibility index (Phi) is 59.0. The number of rotatable bonds is 67. The topological polar surface area (TPSA) is 237 Å². The van der Waals surface area contributed by atoms with Crippen molar-refractivity contribution < 1.29 is 80.2 Å². The second-order valence-corrected chi connectivity index (χ2v) is 28.2. The number of aliphatic hydroxyl groups is 1. The molecule has 0 aromatic heterocycles. The van der Waals surface area contributed by atoms with Crippen molar-refractivity contribution in [2.24, 2.45) is 11.8 Å². The summed E-state index contributed by atoms with van der Waals surface area (Å²) in [5.41, 5.74) is 0. The molecule has 516 valence electrons. The number of esters is 4. The maximum atomic E-state index is 13.0. The van der Waals surface area contributed by atoms with Crippen LogP contribution in [-0.4, -0.2) is 96.7 Å². The molecule has 6 atom stereocenters. The fourth-order valence-electron chi connectivity index (χ4n) is 10.2. The average molecular weight is 1280 g/mol. The van der Waals surface area contributed by atoms with Crippen LogP contribution in [0.15, 0.2) is 0 Å². The Hall–Kier alpha value is -1.94. The number of unbranched alkanes of at least 4 members (excludes halogenated alkanes) is 36. The molecule has 0 saturated carbocycles. The van der Waals surface area contributed by atoms with Crippen LogP contribution >= 0.6 is 15.6 Å². The number of hydrogen-bond acceptors (Lipinski definition) is 15. The van der Waals surface area contributed by atoms with E-state index in [9.17, 15) is 43.2 Å². The molecule has 87 heavy (non-hydrogen) atoms. The molecule has 0 spiro atoms. The van der Waals surface area contributed by atoms with E-state index in [1.54, 1.807) is 0 Å². The maximum Gasteiger partial charge on any atom is 0.472 e. The minimum absolute atomic E-state index is 0.103. The number of carbonyl (C=O) groups is 4. The predicted molar refractivity (Wildman–Crippen MR) is 349 cm³/mol. The highest BCUT2D eigenvalue weighted by Gasteiger charge is 2.30. The van der Waals surface area contributed by atoms with E-state index in [-0.39, 0.29) is 25.7 Å². The van der Waals surface area contributed by atoms with Gasteiger partial charge in [-0.3, -0.25) is 37.3 Å². The summed E-state index contributed by atoms with van der Waals surface area (Å²) >= 11 is 0. The maximum absolute atomic E-state index is 13.0. The summed E-state index contributed by atoms with van der Waals surface area (Å²) in [7, 11) is -9.89. The van der Waals surface area contributed by atoms with Crippen LogP contribution in [0.4, 0.5) is 0 Å². The first-order valence-electron chi connectivity index (χ1n) is 35.5. The second-order valence-electron chi connectivity index (χ2n) is 25.3. The number of carbonyl (C=O) groups excluding carboxylic acids is 4. The van der Waals surface area contributed by atoms with E-state index >= 15 is 0 Å². The Labute approximate surface area is 530 Å². The number of ether oxygens (including phenoxy) is 4. The van der Waals surface area contributed by atoms with Crippen LogP contribution in [0.3, 0.4) is 0 Å². The van der Waals surface area contributed by atoms with Crippen molar-refractivity contribution in [3.8, 4) is 0 Å².